The van der Waals surface area contributed by atoms with Crippen molar-refractivity contribution in [1.29, 1.82) is 0 Å². The van der Waals surface area contributed by atoms with Crippen molar-refractivity contribution in [1.82, 2.24) is 5.32 Å². The maximum Gasteiger partial charge on any atom is 0.387 e. The summed E-state index contributed by atoms with van der Waals surface area (Å²) in [4.78, 5) is 38.6. The SMILES string of the molecule is CC(=O)OOC(=O)C1NC1=O. The van der Waals surface area contributed by atoms with Gasteiger partial charge in [0.15, 0.2) is 0 Å². The van der Waals surface area contributed by atoms with Crippen LogP contribution in [0.4, 0.5) is 0 Å². The van der Waals surface area contributed by atoms with Gasteiger partial charge in [0, 0.05) is 6.92 Å². The molecule has 0 radical (unpaired) electrons. The predicted octanol–water partition coefficient (Wildman–Crippen LogP) is -1.49. The molecule has 1 heterocycles. The Labute approximate surface area is 61.4 Å². The molecule has 6 nitrogen and oxygen atoms in total. The van der Waals surface area contributed by atoms with Crippen LogP contribution in [0.3, 0.4) is 0 Å². The first-order valence-corrected chi connectivity index (χ1v) is 2.80. The minimum absolute atomic E-state index is 0.429. The number of hydrogen-bond acceptors (Lipinski definition) is 5. The molecule has 1 fully saturated rings. The van der Waals surface area contributed by atoms with E-state index >= 15 is 0 Å². The van der Waals surface area contributed by atoms with E-state index in [0.29, 0.717) is 0 Å². The van der Waals surface area contributed by atoms with Crippen LogP contribution in [0.1, 0.15) is 6.92 Å². The van der Waals surface area contributed by atoms with Gasteiger partial charge < -0.3 is 5.32 Å². The topological polar surface area (TPSA) is 91.6 Å². The number of carbonyl (C=O) groups is 3. The molecular formula is C5H5NO5. The number of carbonyl (C=O) groups excluding carboxylic acids is 3. The molecule has 1 amide bonds. The molecule has 1 saturated heterocycles. The van der Waals surface area contributed by atoms with E-state index in [0.717, 1.165) is 6.92 Å². The summed E-state index contributed by atoms with van der Waals surface area (Å²) < 4.78 is 0. The van der Waals surface area contributed by atoms with Crippen LogP contribution in [0, 0.1) is 0 Å². The van der Waals surface area contributed by atoms with Gasteiger partial charge >= 0.3 is 11.9 Å². The van der Waals surface area contributed by atoms with Crippen LogP contribution in [-0.4, -0.2) is 23.9 Å². The minimum atomic E-state index is -0.950. The van der Waals surface area contributed by atoms with Crippen molar-refractivity contribution in [3.63, 3.8) is 0 Å². The highest BCUT2D eigenvalue weighted by Gasteiger charge is 2.43. The second-order valence-electron chi connectivity index (χ2n) is 1.92. The molecule has 1 aliphatic heterocycles. The second-order valence-corrected chi connectivity index (χ2v) is 1.92. The smallest absolute Gasteiger partial charge is 0.333 e. The Kier molecular flexibility index (Phi) is 1.75. The third-order valence-corrected chi connectivity index (χ3v) is 0.942. The first-order chi connectivity index (χ1) is 5.11. The molecule has 0 spiro atoms. The Bertz CT molecular complexity index is 223. The molecule has 1 atom stereocenters. The third kappa shape index (κ3) is 1.92. The van der Waals surface area contributed by atoms with Crippen molar-refractivity contribution >= 4 is 17.8 Å². The number of rotatable bonds is 1. The quantitative estimate of drug-likeness (QED) is 0.218. The Morgan fingerprint density at radius 3 is 2.36 bits per heavy atom. The standard InChI is InChI=1S/C5H5NO5/c1-2(7)10-11-5(9)3-4(8)6-3/h3H,1H3,(H,6,8). The molecule has 0 saturated carbocycles. The molecule has 0 aromatic rings. The molecule has 1 unspecified atom stereocenters. The molecule has 0 aromatic heterocycles. The highest BCUT2D eigenvalue weighted by molar-refractivity contribution is 6.14. The summed E-state index contributed by atoms with van der Waals surface area (Å²) >= 11 is 0. The maximum atomic E-state index is 10.5. The van der Waals surface area contributed by atoms with Gasteiger partial charge in [-0.2, -0.15) is 0 Å². The maximum absolute atomic E-state index is 10.5. The Morgan fingerprint density at radius 1 is 1.45 bits per heavy atom. The number of hydrogen-bond donors (Lipinski definition) is 1. The zero-order valence-electron chi connectivity index (χ0n) is 5.62. The van der Waals surface area contributed by atoms with Gasteiger partial charge in [-0.1, -0.05) is 0 Å². The molecule has 6 heteroatoms. The lowest BCUT2D eigenvalue weighted by molar-refractivity contribution is -0.256. The normalized spacial score (nSPS) is 20.1. The highest BCUT2D eigenvalue weighted by atomic mass is 17.2. The van der Waals surface area contributed by atoms with Gasteiger partial charge in [0.1, 0.15) is 0 Å². The summed E-state index contributed by atoms with van der Waals surface area (Å²) in [5.41, 5.74) is 0. The van der Waals surface area contributed by atoms with Gasteiger partial charge in [-0.25, -0.2) is 19.4 Å². The number of amides is 1. The minimum Gasteiger partial charge on any atom is -0.333 e. The predicted molar refractivity (Wildman–Crippen MR) is 29.8 cm³/mol. The van der Waals surface area contributed by atoms with E-state index < -0.39 is 23.9 Å². The van der Waals surface area contributed by atoms with Gasteiger partial charge in [-0.3, -0.25) is 4.79 Å². The summed E-state index contributed by atoms with van der Waals surface area (Å²) in [6.45, 7) is 1.08. The molecule has 0 aliphatic carbocycles. The van der Waals surface area contributed by atoms with E-state index in [2.05, 4.69) is 15.1 Å². The lowest BCUT2D eigenvalue weighted by Gasteiger charge is -1.95. The molecular weight excluding hydrogens is 154 g/mol. The molecule has 1 rings (SSSR count). The van der Waals surface area contributed by atoms with E-state index in [-0.39, 0.29) is 0 Å². The van der Waals surface area contributed by atoms with Crippen LogP contribution < -0.4 is 5.32 Å². The van der Waals surface area contributed by atoms with Crippen molar-refractivity contribution < 1.29 is 24.2 Å². The Hall–Kier alpha value is -1.59. The van der Waals surface area contributed by atoms with Crippen molar-refractivity contribution in [2.75, 3.05) is 0 Å². The lowest BCUT2D eigenvalue weighted by atomic mass is 10.5. The van der Waals surface area contributed by atoms with E-state index in [1.807, 2.05) is 0 Å². The van der Waals surface area contributed by atoms with Gasteiger partial charge in [0.2, 0.25) is 6.04 Å². The van der Waals surface area contributed by atoms with Gasteiger partial charge in [-0.15, -0.1) is 0 Å². The van der Waals surface area contributed by atoms with Crippen molar-refractivity contribution in [3.8, 4) is 0 Å². The lowest BCUT2D eigenvalue weighted by Crippen LogP contribution is -2.16. The van der Waals surface area contributed by atoms with Gasteiger partial charge in [0.05, 0.1) is 0 Å². The number of nitrogens with one attached hydrogen (secondary N) is 1. The van der Waals surface area contributed by atoms with E-state index in [1.54, 1.807) is 0 Å². The van der Waals surface area contributed by atoms with E-state index in [1.165, 1.54) is 0 Å². The van der Waals surface area contributed by atoms with Crippen molar-refractivity contribution in [3.05, 3.63) is 0 Å². The summed E-state index contributed by atoms with van der Waals surface area (Å²) in [5, 5.41) is 2.15. The summed E-state index contributed by atoms with van der Waals surface area (Å²) in [5.74, 6) is -2.07. The van der Waals surface area contributed by atoms with Crippen LogP contribution in [0.25, 0.3) is 0 Å². The van der Waals surface area contributed by atoms with Crippen LogP contribution >= 0.6 is 0 Å². The third-order valence-electron chi connectivity index (χ3n) is 0.942. The van der Waals surface area contributed by atoms with E-state index in [4.69, 9.17) is 0 Å². The summed E-state index contributed by atoms with van der Waals surface area (Å²) in [6.07, 6.45) is 0. The zero-order chi connectivity index (χ0) is 8.43. The largest absolute Gasteiger partial charge is 0.387 e. The average Bonchev–Trinajstić information content (AvgIpc) is 2.61. The second kappa shape index (κ2) is 2.57. The zero-order valence-corrected chi connectivity index (χ0v) is 5.62. The summed E-state index contributed by atoms with van der Waals surface area (Å²) in [6, 6.07) is -0.950. The Morgan fingerprint density at radius 2 is 2.00 bits per heavy atom. The Balaban J connectivity index is 2.22. The van der Waals surface area contributed by atoms with Crippen molar-refractivity contribution in [2.24, 2.45) is 0 Å². The van der Waals surface area contributed by atoms with E-state index in [9.17, 15) is 14.4 Å². The van der Waals surface area contributed by atoms with Crippen LogP contribution in [-0.2, 0) is 24.2 Å². The van der Waals surface area contributed by atoms with Gasteiger partial charge in [-0.05, 0) is 0 Å². The first-order valence-electron chi connectivity index (χ1n) is 2.80. The van der Waals surface area contributed by atoms with Crippen LogP contribution in [0.2, 0.25) is 0 Å². The first kappa shape index (κ1) is 7.52. The molecule has 11 heavy (non-hydrogen) atoms. The fraction of sp³-hybridized carbons (Fsp3) is 0.400. The van der Waals surface area contributed by atoms with Gasteiger partial charge in [0.25, 0.3) is 5.91 Å². The molecule has 1 N–H and O–H groups in total. The highest BCUT2D eigenvalue weighted by Crippen LogP contribution is 2.02. The molecule has 0 aromatic carbocycles. The van der Waals surface area contributed by atoms with Crippen LogP contribution in [0.15, 0.2) is 0 Å². The van der Waals surface area contributed by atoms with Crippen molar-refractivity contribution in [2.45, 2.75) is 13.0 Å². The summed E-state index contributed by atoms with van der Waals surface area (Å²) in [7, 11) is 0. The molecule has 0 bridgehead atoms. The average molecular weight is 159 g/mol. The molecule has 1 aliphatic rings. The van der Waals surface area contributed by atoms with Crippen LogP contribution in [0.5, 0.6) is 0 Å². The monoisotopic (exact) mass is 159 g/mol. The fourth-order valence-electron chi connectivity index (χ4n) is 0.414. The fourth-order valence-corrected chi connectivity index (χ4v) is 0.414. The molecule has 60 valence electrons.